The number of pyridine rings is 1. The van der Waals surface area contributed by atoms with E-state index in [1.54, 1.807) is 48.7 Å². The number of rotatable bonds is 4. The maximum atomic E-state index is 12.7. The molecule has 1 aromatic heterocycles. The van der Waals surface area contributed by atoms with Crippen molar-refractivity contribution in [3.63, 3.8) is 0 Å². The minimum Gasteiger partial charge on any atom is -0.368 e. The van der Waals surface area contributed by atoms with Crippen molar-refractivity contribution >= 4 is 45.7 Å². The van der Waals surface area contributed by atoms with Gasteiger partial charge in [-0.1, -0.05) is 17.7 Å². The Labute approximate surface area is 166 Å². The first-order valence-electron chi connectivity index (χ1n) is 8.99. The number of aromatic nitrogens is 1. The fourth-order valence-corrected chi connectivity index (χ4v) is 3.40. The van der Waals surface area contributed by atoms with Gasteiger partial charge >= 0.3 is 0 Å². The molecule has 0 unspecified atom stereocenters. The van der Waals surface area contributed by atoms with Gasteiger partial charge in [-0.15, -0.1) is 0 Å². The molecule has 0 saturated carbocycles. The normalized spacial score (nSPS) is 16.1. The van der Waals surface area contributed by atoms with Gasteiger partial charge in [0.2, 0.25) is 0 Å². The number of halogens is 1. The maximum absolute atomic E-state index is 12.7. The molecule has 1 aliphatic rings. The fourth-order valence-electron chi connectivity index (χ4n) is 3.19. The van der Waals surface area contributed by atoms with Gasteiger partial charge in [0.1, 0.15) is 6.10 Å². The van der Waals surface area contributed by atoms with Crippen LogP contribution in [0.5, 0.6) is 0 Å². The molecule has 1 atom stereocenters. The number of amides is 2. The van der Waals surface area contributed by atoms with Crippen LogP contribution in [0.2, 0.25) is 5.02 Å². The van der Waals surface area contributed by atoms with E-state index >= 15 is 0 Å². The van der Waals surface area contributed by atoms with Gasteiger partial charge in [-0.05, 0) is 55.3 Å². The van der Waals surface area contributed by atoms with Gasteiger partial charge in [0.15, 0.2) is 0 Å². The summed E-state index contributed by atoms with van der Waals surface area (Å²) in [6.07, 6.45) is 2.82. The topological polar surface area (TPSA) is 80.3 Å². The van der Waals surface area contributed by atoms with E-state index in [1.807, 2.05) is 6.07 Å². The summed E-state index contributed by atoms with van der Waals surface area (Å²) in [5.74, 6) is -0.481. The molecule has 1 aliphatic heterocycles. The molecule has 6 nitrogen and oxygen atoms in total. The quantitative estimate of drug-likeness (QED) is 0.691. The summed E-state index contributed by atoms with van der Waals surface area (Å²) in [6, 6.07) is 13.9. The molecule has 1 saturated heterocycles. The van der Waals surface area contributed by atoms with E-state index < -0.39 is 6.10 Å². The van der Waals surface area contributed by atoms with E-state index in [0.717, 1.165) is 11.8 Å². The molecule has 2 amide bonds. The summed E-state index contributed by atoms with van der Waals surface area (Å²) in [6.45, 7) is 0.602. The number of benzene rings is 2. The average molecular weight is 396 g/mol. The second kappa shape index (κ2) is 7.96. The zero-order chi connectivity index (χ0) is 19.5. The van der Waals surface area contributed by atoms with E-state index in [1.165, 1.54) is 0 Å². The Kier molecular flexibility index (Phi) is 5.23. The molecular weight excluding hydrogens is 378 g/mol. The minimum absolute atomic E-state index is 0.190. The van der Waals surface area contributed by atoms with Crippen LogP contribution in [-0.2, 0) is 9.53 Å². The smallest absolute Gasteiger partial charge is 0.255 e. The van der Waals surface area contributed by atoms with Crippen LogP contribution < -0.4 is 10.6 Å². The number of fused-ring (bicyclic) bond motifs is 1. The summed E-state index contributed by atoms with van der Waals surface area (Å²) < 4.78 is 5.39. The van der Waals surface area contributed by atoms with Crippen molar-refractivity contribution in [1.82, 2.24) is 4.98 Å². The highest BCUT2D eigenvalue weighted by Crippen LogP contribution is 2.28. The lowest BCUT2D eigenvalue weighted by Gasteiger charge is -2.12. The van der Waals surface area contributed by atoms with Gasteiger partial charge in [0.25, 0.3) is 11.8 Å². The fraction of sp³-hybridized carbons (Fsp3) is 0.190. The molecule has 2 heterocycles. The number of nitrogens with one attached hydrogen (secondary N) is 2. The first kappa shape index (κ1) is 18.4. The number of carbonyl (C=O) groups is 2. The largest absolute Gasteiger partial charge is 0.368 e. The Hall–Kier alpha value is -2.96. The van der Waals surface area contributed by atoms with Crippen molar-refractivity contribution in [1.29, 1.82) is 0 Å². The Bertz CT molecular complexity index is 1050. The number of hydrogen-bond acceptors (Lipinski definition) is 4. The van der Waals surface area contributed by atoms with Crippen LogP contribution in [0.15, 0.2) is 54.7 Å². The first-order chi connectivity index (χ1) is 13.6. The lowest BCUT2D eigenvalue weighted by molar-refractivity contribution is -0.124. The van der Waals surface area contributed by atoms with Crippen molar-refractivity contribution in [3.8, 4) is 0 Å². The van der Waals surface area contributed by atoms with Crippen molar-refractivity contribution < 1.29 is 14.3 Å². The van der Waals surface area contributed by atoms with E-state index in [-0.39, 0.29) is 11.8 Å². The molecule has 2 N–H and O–H groups in total. The van der Waals surface area contributed by atoms with E-state index in [9.17, 15) is 9.59 Å². The Morgan fingerprint density at radius 1 is 1.11 bits per heavy atom. The number of anilines is 2. The van der Waals surface area contributed by atoms with Gasteiger partial charge in [0.05, 0.1) is 16.2 Å². The van der Waals surface area contributed by atoms with Crippen LogP contribution in [0.4, 0.5) is 11.4 Å². The summed E-state index contributed by atoms with van der Waals surface area (Å²) in [5, 5.41) is 6.97. The average Bonchev–Trinajstić information content (AvgIpc) is 3.25. The van der Waals surface area contributed by atoms with Gasteiger partial charge < -0.3 is 15.4 Å². The molecule has 142 valence electrons. The second-order valence-corrected chi connectivity index (χ2v) is 6.93. The van der Waals surface area contributed by atoms with Crippen molar-refractivity contribution in [2.45, 2.75) is 18.9 Å². The lowest BCUT2D eigenvalue weighted by atomic mass is 10.1. The molecule has 0 radical (unpaired) electrons. The van der Waals surface area contributed by atoms with Gasteiger partial charge in [-0.2, -0.15) is 0 Å². The van der Waals surface area contributed by atoms with Crippen molar-refractivity contribution in [2.24, 2.45) is 0 Å². The highest BCUT2D eigenvalue weighted by Gasteiger charge is 2.23. The second-order valence-electron chi connectivity index (χ2n) is 6.52. The van der Waals surface area contributed by atoms with Crippen molar-refractivity contribution in [3.05, 3.63) is 65.3 Å². The molecule has 0 spiro atoms. The Balaban J connectivity index is 1.53. The predicted octanol–water partition coefficient (Wildman–Crippen LogP) is 4.26. The van der Waals surface area contributed by atoms with Gasteiger partial charge in [-0.25, -0.2) is 0 Å². The summed E-state index contributed by atoms with van der Waals surface area (Å²) >= 11 is 6.18. The molecule has 2 aromatic carbocycles. The minimum atomic E-state index is -0.426. The lowest BCUT2D eigenvalue weighted by Crippen LogP contribution is -2.27. The Morgan fingerprint density at radius 3 is 2.82 bits per heavy atom. The van der Waals surface area contributed by atoms with Crippen LogP contribution in [0.3, 0.4) is 0 Å². The molecule has 1 fully saturated rings. The highest BCUT2D eigenvalue weighted by atomic mass is 35.5. The molecular formula is C21H18ClN3O3. The molecule has 0 aliphatic carbocycles. The van der Waals surface area contributed by atoms with Gasteiger partial charge in [0, 0.05) is 29.4 Å². The van der Waals surface area contributed by atoms with Gasteiger partial charge in [-0.3, -0.25) is 14.6 Å². The zero-order valence-electron chi connectivity index (χ0n) is 14.9. The third-order valence-electron chi connectivity index (χ3n) is 4.58. The predicted molar refractivity (Wildman–Crippen MR) is 109 cm³/mol. The Morgan fingerprint density at radius 2 is 2.00 bits per heavy atom. The highest BCUT2D eigenvalue weighted by molar-refractivity contribution is 6.35. The van der Waals surface area contributed by atoms with Crippen LogP contribution in [0.25, 0.3) is 10.9 Å². The molecule has 4 rings (SSSR count). The number of hydrogen-bond donors (Lipinski definition) is 2. The van der Waals surface area contributed by atoms with Crippen LogP contribution in [0.1, 0.15) is 23.2 Å². The standard InChI is InChI=1S/C21H18ClN3O3/c22-16-8-9-17(15-6-2-10-23-19(15)16)25-20(26)13-4-1-5-14(12-13)24-21(27)18-7-3-11-28-18/h1-2,4-6,8-10,12,18H,3,7,11H2,(H,24,27)(H,25,26)/t18-/m1/s1. The molecule has 0 bridgehead atoms. The van der Waals surface area contributed by atoms with Crippen LogP contribution in [-0.4, -0.2) is 29.5 Å². The summed E-state index contributed by atoms with van der Waals surface area (Å²) in [7, 11) is 0. The summed E-state index contributed by atoms with van der Waals surface area (Å²) in [4.78, 5) is 29.2. The monoisotopic (exact) mass is 395 g/mol. The third kappa shape index (κ3) is 3.83. The van der Waals surface area contributed by atoms with E-state index in [4.69, 9.17) is 16.3 Å². The molecule has 28 heavy (non-hydrogen) atoms. The van der Waals surface area contributed by atoms with Crippen molar-refractivity contribution in [2.75, 3.05) is 17.2 Å². The number of ether oxygens (including phenoxy) is 1. The maximum Gasteiger partial charge on any atom is 0.255 e. The molecule has 7 heteroatoms. The number of carbonyl (C=O) groups excluding carboxylic acids is 2. The van der Waals surface area contributed by atoms with E-state index in [2.05, 4.69) is 15.6 Å². The zero-order valence-corrected chi connectivity index (χ0v) is 15.7. The molecule has 3 aromatic rings. The summed E-state index contributed by atoms with van der Waals surface area (Å²) in [5.41, 5.74) is 2.22. The first-order valence-corrected chi connectivity index (χ1v) is 9.37. The number of nitrogens with zero attached hydrogens (tertiary/aromatic N) is 1. The van der Waals surface area contributed by atoms with Crippen LogP contribution in [0, 0.1) is 0 Å². The SMILES string of the molecule is O=C(Nc1ccc(Cl)c2ncccc12)c1cccc(NC(=O)[C@H]2CCCO2)c1. The van der Waals surface area contributed by atoms with E-state index in [0.29, 0.717) is 40.5 Å². The van der Waals surface area contributed by atoms with Crippen LogP contribution >= 0.6 is 11.6 Å². The third-order valence-corrected chi connectivity index (χ3v) is 4.89.